The quantitative estimate of drug-likeness (QED) is 0.138. The summed E-state index contributed by atoms with van der Waals surface area (Å²) in [6.45, 7) is 6.32. The first-order valence-corrected chi connectivity index (χ1v) is 17.9. The molecule has 0 saturated heterocycles. The van der Waals surface area contributed by atoms with E-state index in [9.17, 15) is 0 Å². The van der Waals surface area contributed by atoms with Crippen molar-refractivity contribution in [2.45, 2.75) is 19.9 Å². The average molecular weight is 678 g/mol. The van der Waals surface area contributed by atoms with Gasteiger partial charge in [0.2, 0.25) is 0 Å². The number of nitrogens with one attached hydrogen (secondary N) is 1. The lowest BCUT2D eigenvalue weighted by Crippen LogP contribution is -2.10. The molecule has 0 saturated carbocycles. The number of rotatable bonds is 5. The maximum atomic E-state index is 7.68. The topological polar surface area (TPSA) is 62.2 Å². The minimum absolute atomic E-state index is 0.119. The minimum Gasteiger partial charge on any atom is -0.384 e. The Morgan fingerprint density at radius 2 is 1.29 bits per heavy atom. The Labute approximate surface area is 303 Å². The smallest absolute Gasteiger partial charge is 0.122 e. The second-order valence-corrected chi connectivity index (χ2v) is 13.8. The van der Waals surface area contributed by atoms with Gasteiger partial charge in [0.15, 0.2) is 0 Å². The third-order valence-electron chi connectivity index (χ3n) is 9.19. The van der Waals surface area contributed by atoms with Crippen LogP contribution in [0.3, 0.4) is 0 Å². The third-order valence-corrected chi connectivity index (χ3v) is 10.3. The van der Waals surface area contributed by atoms with Crippen molar-refractivity contribution in [2.75, 3.05) is 0 Å². The van der Waals surface area contributed by atoms with Crippen molar-refractivity contribution in [3.63, 3.8) is 0 Å². The summed E-state index contributed by atoms with van der Waals surface area (Å²) in [7, 11) is 0. The number of hydrogen-bond donors (Lipinski definition) is 2. The molecule has 51 heavy (non-hydrogen) atoms. The highest BCUT2D eigenvalue weighted by molar-refractivity contribution is 7.25. The summed E-state index contributed by atoms with van der Waals surface area (Å²) in [6.07, 6.45) is 0.948. The van der Waals surface area contributed by atoms with Crippen LogP contribution in [0, 0.1) is 12.3 Å². The maximum absolute atomic E-state index is 7.68. The van der Waals surface area contributed by atoms with Gasteiger partial charge in [0.1, 0.15) is 5.84 Å². The zero-order valence-corrected chi connectivity index (χ0v) is 29.5. The van der Waals surface area contributed by atoms with Crippen molar-refractivity contribution in [3.8, 4) is 33.4 Å². The van der Waals surface area contributed by atoms with Crippen LogP contribution in [0.5, 0.6) is 0 Å². The molecule has 0 radical (unpaired) electrons. The number of amidine groups is 1. The van der Waals surface area contributed by atoms with E-state index in [0.717, 1.165) is 12.0 Å². The number of aryl methyl sites for hydroxylation is 1. The second kappa shape index (κ2) is 15.2. The van der Waals surface area contributed by atoms with E-state index in [4.69, 9.17) is 11.1 Å². The lowest BCUT2D eigenvalue weighted by Gasteiger charge is -2.11. The van der Waals surface area contributed by atoms with E-state index < -0.39 is 0 Å². The van der Waals surface area contributed by atoms with Gasteiger partial charge in [-0.05, 0) is 94.4 Å². The molecular weight excluding hydrogens is 639 g/mol. The van der Waals surface area contributed by atoms with Crippen LogP contribution in [0.4, 0.5) is 0 Å². The van der Waals surface area contributed by atoms with E-state index in [1.54, 1.807) is 0 Å². The Bertz CT molecular complexity index is 2460. The van der Waals surface area contributed by atoms with Gasteiger partial charge < -0.3 is 5.73 Å². The molecule has 0 unspecified atom stereocenters. The Morgan fingerprint density at radius 1 is 0.627 bits per heavy atom. The first kappa shape index (κ1) is 33.4. The Morgan fingerprint density at radius 3 is 2.02 bits per heavy atom. The van der Waals surface area contributed by atoms with Crippen LogP contribution in [0.1, 0.15) is 27.8 Å². The average Bonchev–Trinajstić information content (AvgIpc) is 3.74. The summed E-state index contributed by atoms with van der Waals surface area (Å²) >= 11 is 1.87. The zero-order valence-electron chi connectivity index (χ0n) is 28.6. The standard InChI is InChI=1S/C20H16N2.C14H13N.C13H10S/c21-20(22)16-10-9-14-11-15-7-4-8-17(19(15)18(14)12-16)13-5-2-1-3-6-13;1-15-11-12-7-9-14(10-8-12)13-5-3-2-4-6-13;1-9-6-7-13-11(8-9)10-4-2-3-5-12(10)14-13/h1-10,12H,11H2,(H3,21,22);2-10H,1,11H2;2-8H,1H3. The van der Waals surface area contributed by atoms with Gasteiger partial charge in [0.05, 0.1) is 6.54 Å². The van der Waals surface area contributed by atoms with Crippen LogP contribution in [-0.4, -0.2) is 12.6 Å². The first-order chi connectivity index (χ1) is 25.0. The molecule has 1 aliphatic rings. The normalized spacial score (nSPS) is 11.1. The van der Waals surface area contributed by atoms with Gasteiger partial charge in [0.25, 0.3) is 0 Å². The molecule has 9 rings (SSSR count). The van der Waals surface area contributed by atoms with E-state index in [-0.39, 0.29) is 5.84 Å². The van der Waals surface area contributed by atoms with Crippen LogP contribution in [0.15, 0.2) is 169 Å². The van der Waals surface area contributed by atoms with E-state index in [1.165, 1.54) is 75.8 Å². The summed E-state index contributed by atoms with van der Waals surface area (Å²) < 4.78 is 2.77. The molecule has 1 heterocycles. The molecule has 0 atom stereocenters. The van der Waals surface area contributed by atoms with Crippen molar-refractivity contribution in [3.05, 3.63) is 192 Å². The molecule has 8 aromatic rings. The number of fused-ring (bicyclic) bond motifs is 6. The number of nitrogens with zero attached hydrogens (tertiary/aromatic N) is 1. The molecule has 1 aromatic heterocycles. The molecule has 0 aliphatic heterocycles. The number of nitrogen functional groups attached to an aromatic ring is 1. The summed E-state index contributed by atoms with van der Waals surface area (Å²) in [5.74, 6) is 0.119. The van der Waals surface area contributed by atoms with Gasteiger partial charge in [-0.25, -0.2) is 0 Å². The maximum Gasteiger partial charge on any atom is 0.122 e. The molecule has 3 nitrogen and oxygen atoms in total. The highest BCUT2D eigenvalue weighted by atomic mass is 32.1. The fourth-order valence-electron chi connectivity index (χ4n) is 6.66. The molecule has 0 spiro atoms. The lowest BCUT2D eigenvalue weighted by atomic mass is 9.93. The van der Waals surface area contributed by atoms with Gasteiger partial charge in [-0.1, -0.05) is 145 Å². The molecular formula is C47H39N3S. The third kappa shape index (κ3) is 7.42. The Hall–Kier alpha value is -6.10. The van der Waals surface area contributed by atoms with Crippen LogP contribution in [0.25, 0.3) is 53.6 Å². The van der Waals surface area contributed by atoms with Gasteiger partial charge in [0, 0.05) is 25.7 Å². The molecule has 1 aliphatic carbocycles. The molecule has 248 valence electrons. The summed E-state index contributed by atoms with van der Waals surface area (Å²) in [5, 5.41) is 10.5. The summed E-state index contributed by atoms with van der Waals surface area (Å²) in [5.41, 5.74) is 19.1. The van der Waals surface area contributed by atoms with E-state index >= 15 is 0 Å². The molecule has 3 N–H and O–H groups in total. The van der Waals surface area contributed by atoms with Crippen molar-refractivity contribution in [1.82, 2.24) is 0 Å². The molecule has 0 fully saturated rings. The van der Waals surface area contributed by atoms with E-state index in [0.29, 0.717) is 6.54 Å². The lowest BCUT2D eigenvalue weighted by molar-refractivity contribution is 1.08. The van der Waals surface area contributed by atoms with Crippen LogP contribution in [0.2, 0.25) is 0 Å². The largest absolute Gasteiger partial charge is 0.384 e. The molecule has 0 amide bonds. The van der Waals surface area contributed by atoms with Crippen LogP contribution in [-0.2, 0) is 13.0 Å². The molecule has 7 aromatic carbocycles. The predicted molar refractivity (Wildman–Crippen MR) is 220 cm³/mol. The monoisotopic (exact) mass is 677 g/mol. The summed E-state index contributed by atoms with van der Waals surface area (Å²) in [6, 6.07) is 57.1. The van der Waals surface area contributed by atoms with Gasteiger partial charge in [-0.2, -0.15) is 0 Å². The van der Waals surface area contributed by atoms with Gasteiger partial charge in [-0.3, -0.25) is 10.4 Å². The van der Waals surface area contributed by atoms with Crippen molar-refractivity contribution >= 4 is 44.1 Å². The first-order valence-electron chi connectivity index (χ1n) is 17.1. The van der Waals surface area contributed by atoms with Gasteiger partial charge in [-0.15, -0.1) is 11.3 Å². The molecule has 0 bridgehead atoms. The second-order valence-electron chi connectivity index (χ2n) is 12.7. The Kier molecular flexibility index (Phi) is 9.96. The Balaban J connectivity index is 0.000000124. The fourth-order valence-corrected chi connectivity index (χ4v) is 7.75. The number of hydrogen-bond acceptors (Lipinski definition) is 3. The van der Waals surface area contributed by atoms with Crippen LogP contribution < -0.4 is 5.73 Å². The highest BCUT2D eigenvalue weighted by Crippen LogP contribution is 2.43. The SMILES string of the molecule is C=NCc1ccc(-c2ccccc2)cc1.Cc1ccc2sc3ccccc3c2c1.N=C(N)c1ccc2c(c1)-c1c(cccc1-c1ccccc1)C2. The van der Waals surface area contributed by atoms with Crippen molar-refractivity contribution in [2.24, 2.45) is 10.7 Å². The number of nitrogens with two attached hydrogens (primary N) is 1. The fraction of sp³-hybridized carbons (Fsp3) is 0.0638. The number of thiophene rings is 1. The van der Waals surface area contributed by atoms with Crippen LogP contribution >= 0.6 is 11.3 Å². The zero-order chi connectivity index (χ0) is 35.2. The predicted octanol–water partition coefficient (Wildman–Crippen LogP) is 12.1. The van der Waals surface area contributed by atoms with Crippen molar-refractivity contribution < 1.29 is 0 Å². The van der Waals surface area contributed by atoms with E-state index in [1.807, 2.05) is 29.5 Å². The summed E-state index contributed by atoms with van der Waals surface area (Å²) in [4.78, 5) is 3.86. The van der Waals surface area contributed by atoms with Crippen molar-refractivity contribution in [1.29, 1.82) is 5.41 Å². The van der Waals surface area contributed by atoms with E-state index in [2.05, 4.69) is 164 Å². The molecule has 4 heteroatoms. The number of benzene rings is 7. The highest BCUT2D eigenvalue weighted by Gasteiger charge is 2.22. The van der Waals surface area contributed by atoms with Gasteiger partial charge >= 0.3 is 0 Å². The minimum atomic E-state index is 0.119. The number of aliphatic imine (C=N–C) groups is 1.